The van der Waals surface area contributed by atoms with Gasteiger partial charge in [0.05, 0.1) is 21.8 Å². The van der Waals surface area contributed by atoms with E-state index in [4.69, 9.17) is 23.2 Å². The second kappa shape index (κ2) is 11.6. The minimum Gasteiger partial charge on any atom is -0.342 e. The Morgan fingerprint density at radius 3 is 2.53 bits per heavy atom. The number of hydrogen-bond acceptors (Lipinski definition) is 5. The minimum atomic E-state index is -0.411. The third-order valence-corrected chi connectivity index (χ3v) is 7.87. The molecule has 0 spiro atoms. The summed E-state index contributed by atoms with van der Waals surface area (Å²) in [6.45, 7) is 8.33. The lowest BCUT2D eigenvalue weighted by Gasteiger charge is -2.15. The van der Waals surface area contributed by atoms with Gasteiger partial charge in [-0.25, -0.2) is 0 Å². The van der Waals surface area contributed by atoms with Crippen LogP contribution in [-0.2, 0) is 11.3 Å². The zero-order valence-corrected chi connectivity index (χ0v) is 23.0. The third kappa shape index (κ3) is 6.13. The number of hydrogen-bond donors (Lipinski definition) is 2. The number of anilines is 1. The van der Waals surface area contributed by atoms with Gasteiger partial charge in [-0.2, -0.15) is 0 Å². The summed E-state index contributed by atoms with van der Waals surface area (Å²) in [6, 6.07) is 8.08. The maximum atomic E-state index is 12.6. The third-order valence-electron chi connectivity index (χ3n) is 5.31. The molecular weight excluding hydrogens is 561 g/mol. The number of nitrogens with one attached hydrogen (secondary N) is 2. The van der Waals surface area contributed by atoms with E-state index in [0.29, 0.717) is 33.1 Å². The molecule has 0 fully saturated rings. The van der Waals surface area contributed by atoms with Gasteiger partial charge < -0.3 is 15.2 Å². The van der Waals surface area contributed by atoms with Crippen molar-refractivity contribution in [2.45, 2.75) is 45.4 Å². The summed E-state index contributed by atoms with van der Waals surface area (Å²) in [5.41, 5.74) is 3.27. The van der Waals surface area contributed by atoms with Gasteiger partial charge in [-0.1, -0.05) is 50.9 Å². The van der Waals surface area contributed by atoms with E-state index in [9.17, 15) is 9.59 Å². The lowest BCUT2D eigenvalue weighted by atomic mass is 10.1. The van der Waals surface area contributed by atoms with Gasteiger partial charge in [-0.15, -0.1) is 10.2 Å². The number of carbonyl (C=O) groups excluding carboxylic acids is 2. The molecule has 0 radical (unpaired) electrons. The van der Waals surface area contributed by atoms with Gasteiger partial charge in [0.15, 0.2) is 11.0 Å². The minimum absolute atomic E-state index is 0.136. The van der Waals surface area contributed by atoms with E-state index in [1.165, 1.54) is 17.8 Å². The molecule has 7 nitrogen and oxygen atoms in total. The van der Waals surface area contributed by atoms with Gasteiger partial charge in [0.2, 0.25) is 5.91 Å². The van der Waals surface area contributed by atoms with Crippen molar-refractivity contribution in [1.29, 1.82) is 0 Å². The molecule has 1 atom stereocenters. The maximum absolute atomic E-state index is 12.6. The smallest absolute Gasteiger partial charge is 0.251 e. The van der Waals surface area contributed by atoms with Gasteiger partial charge in [0.1, 0.15) is 0 Å². The molecule has 1 aromatic heterocycles. The fourth-order valence-electron chi connectivity index (χ4n) is 3.25. The molecule has 2 amide bonds. The highest BCUT2D eigenvalue weighted by Gasteiger charge is 2.21. The fraction of sp³-hybridized carbons (Fsp3) is 0.304. The number of thioether (sulfide) groups is 1. The Bertz CT molecular complexity index is 1230. The Morgan fingerprint density at radius 1 is 1.12 bits per heavy atom. The standard InChI is InChI=1S/C23H24BrCl2N5O2S/c1-5-31-21(14(4)27-22(33)15-6-8-17(25)18(26)10-15)29-30-23(31)34-11-20(32)28-19-9-7-16(24)12(2)13(19)3/h6-10,14H,5,11H2,1-4H3,(H,27,33)(H,28,32)/t14-/m1/s1. The number of amides is 2. The highest BCUT2D eigenvalue weighted by atomic mass is 79.9. The second-order valence-electron chi connectivity index (χ2n) is 7.59. The molecule has 34 heavy (non-hydrogen) atoms. The summed E-state index contributed by atoms with van der Waals surface area (Å²) in [4.78, 5) is 25.2. The second-order valence-corrected chi connectivity index (χ2v) is 10.2. The predicted molar refractivity (Wildman–Crippen MR) is 141 cm³/mol. The van der Waals surface area contributed by atoms with Crippen molar-refractivity contribution in [3.63, 3.8) is 0 Å². The molecule has 180 valence electrons. The van der Waals surface area contributed by atoms with E-state index in [1.807, 2.05) is 44.4 Å². The lowest BCUT2D eigenvalue weighted by molar-refractivity contribution is -0.113. The molecule has 1 heterocycles. The monoisotopic (exact) mass is 583 g/mol. The lowest BCUT2D eigenvalue weighted by Crippen LogP contribution is -2.28. The molecule has 0 aliphatic carbocycles. The number of aromatic nitrogens is 3. The van der Waals surface area contributed by atoms with Crippen molar-refractivity contribution < 1.29 is 9.59 Å². The van der Waals surface area contributed by atoms with Crippen LogP contribution in [0.2, 0.25) is 10.0 Å². The largest absolute Gasteiger partial charge is 0.342 e. The van der Waals surface area contributed by atoms with Crippen LogP contribution < -0.4 is 10.6 Å². The molecule has 0 aliphatic rings. The first kappa shape index (κ1) is 26.5. The first-order valence-electron chi connectivity index (χ1n) is 10.5. The van der Waals surface area contributed by atoms with Crippen molar-refractivity contribution in [2.24, 2.45) is 0 Å². The molecule has 0 aliphatic heterocycles. The zero-order chi connectivity index (χ0) is 25.0. The van der Waals surface area contributed by atoms with Crippen LogP contribution in [0.5, 0.6) is 0 Å². The summed E-state index contributed by atoms with van der Waals surface area (Å²) in [6.07, 6.45) is 0. The zero-order valence-electron chi connectivity index (χ0n) is 19.1. The normalized spacial score (nSPS) is 11.9. The Morgan fingerprint density at radius 2 is 1.85 bits per heavy atom. The number of nitrogens with zero attached hydrogens (tertiary/aromatic N) is 3. The van der Waals surface area contributed by atoms with Crippen molar-refractivity contribution in [3.8, 4) is 0 Å². The topological polar surface area (TPSA) is 88.9 Å². The van der Waals surface area contributed by atoms with Crippen LogP contribution in [0.4, 0.5) is 5.69 Å². The fourth-order valence-corrected chi connectivity index (χ4v) is 4.78. The summed E-state index contributed by atoms with van der Waals surface area (Å²) in [5.74, 6) is 0.336. The van der Waals surface area contributed by atoms with Crippen LogP contribution in [0.3, 0.4) is 0 Å². The van der Waals surface area contributed by atoms with Gasteiger partial charge in [-0.3, -0.25) is 9.59 Å². The quantitative estimate of drug-likeness (QED) is 0.307. The Hall–Kier alpha value is -2.07. The van der Waals surface area contributed by atoms with Crippen molar-refractivity contribution >= 4 is 68.4 Å². The van der Waals surface area contributed by atoms with Crippen LogP contribution in [-0.4, -0.2) is 32.3 Å². The molecule has 0 saturated heterocycles. The van der Waals surface area contributed by atoms with Crippen LogP contribution in [0.1, 0.15) is 47.2 Å². The molecule has 11 heteroatoms. The maximum Gasteiger partial charge on any atom is 0.251 e. The van der Waals surface area contributed by atoms with Gasteiger partial charge in [0.25, 0.3) is 5.91 Å². The average Bonchev–Trinajstić information content (AvgIpc) is 3.23. The number of rotatable bonds is 8. The van der Waals surface area contributed by atoms with E-state index in [1.54, 1.807) is 12.1 Å². The first-order chi connectivity index (χ1) is 16.1. The summed E-state index contributed by atoms with van der Waals surface area (Å²) >= 11 is 16.7. The van der Waals surface area contributed by atoms with Crippen molar-refractivity contribution in [2.75, 3.05) is 11.1 Å². The van der Waals surface area contributed by atoms with Crippen LogP contribution in [0, 0.1) is 13.8 Å². The highest BCUT2D eigenvalue weighted by molar-refractivity contribution is 9.10. The first-order valence-corrected chi connectivity index (χ1v) is 13.0. The molecule has 2 aromatic carbocycles. The molecule has 3 aromatic rings. The Balaban J connectivity index is 1.65. The Labute approximate surface area is 221 Å². The van der Waals surface area contributed by atoms with Gasteiger partial charge >= 0.3 is 0 Å². The molecule has 0 saturated carbocycles. The van der Waals surface area contributed by atoms with E-state index in [0.717, 1.165) is 21.3 Å². The van der Waals surface area contributed by atoms with E-state index < -0.39 is 6.04 Å². The highest BCUT2D eigenvalue weighted by Crippen LogP contribution is 2.27. The molecule has 0 bridgehead atoms. The van der Waals surface area contributed by atoms with Crippen molar-refractivity contribution in [1.82, 2.24) is 20.1 Å². The number of carbonyl (C=O) groups is 2. The van der Waals surface area contributed by atoms with Crippen molar-refractivity contribution in [3.05, 3.63) is 67.4 Å². The van der Waals surface area contributed by atoms with Gasteiger partial charge in [-0.05, 0) is 69.2 Å². The van der Waals surface area contributed by atoms with Crippen LogP contribution in [0.15, 0.2) is 40.0 Å². The molecule has 2 N–H and O–H groups in total. The Kier molecular flexibility index (Phi) is 9.03. The van der Waals surface area contributed by atoms with Crippen LogP contribution >= 0.6 is 50.9 Å². The average molecular weight is 585 g/mol. The van der Waals surface area contributed by atoms with Gasteiger partial charge in [0, 0.05) is 22.3 Å². The molecule has 0 unspecified atom stereocenters. The molecule has 3 rings (SSSR count). The SMILES string of the molecule is CCn1c(SCC(=O)Nc2ccc(Br)c(C)c2C)nnc1[C@@H](C)NC(=O)c1ccc(Cl)c(Cl)c1. The molecular formula is C23H24BrCl2N5O2S. The van der Waals surface area contributed by atoms with E-state index in [2.05, 4.69) is 36.8 Å². The van der Waals surface area contributed by atoms with Crippen LogP contribution in [0.25, 0.3) is 0 Å². The number of benzene rings is 2. The number of halogens is 3. The predicted octanol–water partition coefficient (Wildman–Crippen LogP) is 6.21. The van der Waals surface area contributed by atoms with E-state index >= 15 is 0 Å². The summed E-state index contributed by atoms with van der Waals surface area (Å²) in [5, 5.41) is 15.6. The van der Waals surface area contributed by atoms with E-state index in [-0.39, 0.29) is 17.6 Å². The summed E-state index contributed by atoms with van der Waals surface area (Å²) in [7, 11) is 0. The summed E-state index contributed by atoms with van der Waals surface area (Å²) < 4.78 is 2.88.